The Balaban J connectivity index is 3.01. The zero-order chi connectivity index (χ0) is 10.8. The van der Waals surface area contributed by atoms with Crippen LogP contribution >= 0.6 is 0 Å². The lowest BCUT2D eigenvalue weighted by Gasteiger charge is -2.00. The van der Waals surface area contributed by atoms with Crippen molar-refractivity contribution in [1.82, 2.24) is 0 Å². The lowest BCUT2D eigenvalue weighted by Crippen LogP contribution is -2.16. The largest absolute Gasteiger partial charge is 0.366 e. The highest BCUT2D eigenvalue weighted by Crippen LogP contribution is 2.07. The van der Waals surface area contributed by atoms with Gasteiger partial charge in [-0.25, -0.2) is 13.6 Å². The Morgan fingerprint density at radius 1 is 1.36 bits per heavy atom. The van der Waals surface area contributed by atoms with Gasteiger partial charge in [-0.3, -0.25) is 4.79 Å². The van der Waals surface area contributed by atoms with Crippen LogP contribution in [-0.4, -0.2) is 14.3 Å². The van der Waals surface area contributed by atoms with E-state index < -0.39 is 15.9 Å². The molecule has 0 spiro atoms. The Morgan fingerprint density at radius 2 is 2.00 bits per heavy atom. The van der Waals surface area contributed by atoms with E-state index in [0.717, 1.165) is 0 Å². The zero-order valence-corrected chi connectivity index (χ0v) is 8.12. The van der Waals surface area contributed by atoms with E-state index in [1.807, 2.05) is 0 Å². The van der Waals surface area contributed by atoms with Crippen LogP contribution in [0.3, 0.4) is 0 Å². The van der Waals surface area contributed by atoms with Gasteiger partial charge in [0.1, 0.15) is 0 Å². The smallest absolute Gasteiger partial charge is 0.248 e. The molecule has 6 heteroatoms. The molecule has 1 amide bonds. The van der Waals surface area contributed by atoms with Crippen molar-refractivity contribution in [2.24, 2.45) is 10.9 Å². The molecular formula is C8H10N2O3S. The fourth-order valence-corrected chi connectivity index (χ4v) is 1.69. The van der Waals surface area contributed by atoms with Gasteiger partial charge in [0, 0.05) is 5.56 Å². The molecule has 1 aromatic rings. The fourth-order valence-electron chi connectivity index (χ4n) is 1.05. The summed E-state index contributed by atoms with van der Waals surface area (Å²) in [6.07, 6.45) is 0. The standard InChI is InChI=1S/C8H10N2O3S/c9-8(11)7-3-1-2-6(4-7)5-14(10,12)13/h1-4H,5H2,(H2,9,11)(H2,10,12,13). The van der Waals surface area contributed by atoms with Gasteiger partial charge in [-0.05, 0) is 17.7 Å². The maximum Gasteiger partial charge on any atom is 0.248 e. The van der Waals surface area contributed by atoms with Gasteiger partial charge in [0.15, 0.2) is 0 Å². The second-order valence-electron chi connectivity index (χ2n) is 2.87. The summed E-state index contributed by atoms with van der Waals surface area (Å²) in [7, 11) is -3.57. The van der Waals surface area contributed by atoms with Crippen LogP contribution in [0.1, 0.15) is 15.9 Å². The van der Waals surface area contributed by atoms with Crippen molar-refractivity contribution < 1.29 is 13.2 Å². The maximum atomic E-state index is 10.8. The number of sulfonamides is 1. The summed E-state index contributed by atoms with van der Waals surface area (Å²) in [5.41, 5.74) is 5.74. The van der Waals surface area contributed by atoms with Crippen LogP contribution in [0, 0.1) is 0 Å². The van der Waals surface area contributed by atoms with Gasteiger partial charge in [-0.2, -0.15) is 0 Å². The highest BCUT2D eigenvalue weighted by atomic mass is 32.2. The molecule has 0 bridgehead atoms. The third-order valence-corrected chi connectivity index (χ3v) is 2.32. The number of primary sulfonamides is 1. The molecule has 0 radical (unpaired) electrons. The number of carbonyl (C=O) groups is 1. The molecular weight excluding hydrogens is 204 g/mol. The summed E-state index contributed by atoms with van der Waals surface area (Å²) in [6.45, 7) is 0. The molecule has 0 saturated heterocycles. The molecule has 1 aromatic carbocycles. The topological polar surface area (TPSA) is 103 Å². The molecule has 0 aliphatic carbocycles. The van der Waals surface area contributed by atoms with E-state index >= 15 is 0 Å². The summed E-state index contributed by atoms with van der Waals surface area (Å²) < 4.78 is 21.5. The molecule has 0 unspecified atom stereocenters. The summed E-state index contributed by atoms with van der Waals surface area (Å²) in [4.78, 5) is 10.8. The van der Waals surface area contributed by atoms with Crippen LogP contribution in [0.15, 0.2) is 24.3 Å². The Labute approximate surface area is 81.8 Å². The third kappa shape index (κ3) is 3.15. The predicted octanol–water partition coefficient (Wildman–Crippen LogP) is -0.426. The molecule has 76 valence electrons. The van der Waals surface area contributed by atoms with Gasteiger partial charge in [0.25, 0.3) is 0 Å². The molecule has 14 heavy (non-hydrogen) atoms. The molecule has 0 aliphatic rings. The third-order valence-electron chi connectivity index (χ3n) is 1.58. The van der Waals surface area contributed by atoms with E-state index in [1.165, 1.54) is 12.1 Å². The van der Waals surface area contributed by atoms with Gasteiger partial charge in [0.2, 0.25) is 15.9 Å². The maximum absolute atomic E-state index is 10.8. The number of rotatable bonds is 3. The van der Waals surface area contributed by atoms with Crippen LogP contribution in [-0.2, 0) is 15.8 Å². The normalized spacial score (nSPS) is 11.2. The molecule has 0 heterocycles. The second-order valence-corrected chi connectivity index (χ2v) is 4.49. The molecule has 0 fully saturated rings. The van der Waals surface area contributed by atoms with Crippen LogP contribution in [0.5, 0.6) is 0 Å². The summed E-state index contributed by atoms with van der Waals surface area (Å²) in [5.74, 6) is -0.894. The predicted molar refractivity (Wildman–Crippen MR) is 51.8 cm³/mol. The molecule has 1 rings (SSSR count). The van der Waals surface area contributed by atoms with E-state index in [2.05, 4.69) is 0 Å². The first kappa shape index (κ1) is 10.7. The van der Waals surface area contributed by atoms with Crippen LogP contribution in [0.25, 0.3) is 0 Å². The number of hydrogen-bond acceptors (Lipinski definition) is 3. The molecule has 0 aromatic heterocycles. The van der Waals surface area contributed by atoms with Crippen molar-refractivity contribution in [3.63, 3.8) is 0 Å². The lowest BCUT2D eigenvalue weighted by atomic mass is 10.1. The first-order chi connectivity index (χ1) is 6.38. The lowest BCUT2D eigenvalue weighted by molar-refractivity contribution is 0.1000. The van der Waals surface area contributed by atoms with E-state index in [-0.39, 0.29) is 11.3 Å². The van der Waals surface area contributed by atoms with Crippen LogP contribution < -0.4 is 10.9 Å². The van der Waals surface area contributed by atoms with Gasteiger partial charge in [0.05, 0.1) is 5.75 Å². The first-order valence-electron chi connectivity index (χ1n) is 3.78. The average Bonchev–Trinajstić information content (AvgIpc) is 2.01. The van der Waals surface area contributed by atoms with Crippen LogP contribution in [0.4, 0.5) is 0 Å². The molecule has 0 aliphatic heterocycles. The SMILES string of the molecule is NC(=O)c1cccc(CS(N)(=O)=O)c1. The highest BCUT2D eigenvalue weighted by molar-refractivity contribution is 7.88. The summed E-state index contributed by atoms with van der Waals surface area (Å²) in [5, 5.41) is 4.85. The number of hydrogen-bond donors (Lipinski definition) is 2. The number of carbonyl (C=O) groups excluding carboxylic acids is 1. The molecule has 5 nitrogen and oxygen atoms in total. The Bertz CT molecular complexity index is 453. The number of amides is 1. The molecule has 4 N–H and O–H groups in total. The first-order valence-corrected chi connectivity index (χ1v) is 5.49. The zero-order valence-electron chi connectivity index (χ0n) is 7.30. The number of benzene rings is 1. The summed E-state index contributed by atoms with van der Waals surface area (Å²) >= 11 is 0. The Kier molecular flexibility index (Phi) is 2.87. The minimum Gasteiger partial charge on any atom is -0.366 e. The Hall–Kier alpha value is -1.40. The highest BCUT2D eigenvalue weighted by Gasteiger charge is 2.06. The van der Waals surface area contributed by atoms with Crippen molar-refractivity contribution in [2.75, 3.05) is 0 Å². The van der Waals surface area contributed by atoms with Gasteiger partial charge in [-0.1, -0.05) is 12.1 Å². The van der Waals surface area contributed by atoms with E-state index in [4.69, 9.17) is 10.9 Å². The number of nitrogens with two attached hydrogens (primary N) is 2. The van der Waals surface area contributed by atoms with Gasteiger partial charge >= 0.3 is 0 Å². The van der Waals surface area contributed by atoms with Crippen molar-refractivity contribution in [2.45, 2.75) is 5.75 Å². The van der Waals surface area contributed by atoms with Gasteiger partial charge in [-0.15, -0.1) is 0 Å². The molecule has 0 saturated carbocycles. The molecule has 0 atom stereocenters. The summed E-state index contributed by atoms with van der Waals surface area (Å²) in [6, 6.07) is 6.04. The monoisotopic (exact) mass is 214 g/mol. The van der Waals surface area contributed by atoms with Crippen molar-refractivity contribution in [3.8, 4) is 0 Å². The quantitative estimate of drug-likeness (QED) is 0.713. The van der Waals surface area contributed by atoms with Crippen molar-refractivity contribution in [3.05, 3.63) is 35.4 Å². The number of primary amides is 1. The average molecular weight is 214 g/mol. The van der Waals surface area contributed by atoms with Crippen molar-refractivity contribution in [1.29, 1.82) is 0 Å². The van der Waals surface area contributed by atoms with Gasteiger partial charge < -0.3 is 5.73 Å². The Morgan fingerprint density at radius 3 is 2.50 bits per heavy atom. The minimum atomic E-state index is -3.57. The second kappa shape index (κ2) is 3.77. The van der Waals surface area contributed by atoms with E-state index in [1.54, 1.807) is 12.1 Å². The van der Waals surface area contributed by atoms with E-state index in [0.29, 0.717) is 5.56 Å². The fraction of sp³-hybridized carbons (Fsp3) is 0.125. The minimum absolute atomic E-state index is 0.270. The van der Waals surface area contributed by atoms with E-state index in [9.17, 15) is 13.2 Å². The van der Waals surface area contributed by atoms with Crippen LogP contribution in [0.2, 0.25) is 0 Å². The van der Waals surface area contributed by atoms with Crippen molar-refractivity contribution >= 4 is 15.9 Å².